The van der Waals surface area contributed by atoms with E-state index in [-0.39, 0.29) is 17.0 Å². The summed E-state index contributed by atoms with van der Waals surface area (Å²) in [6.45, 7) is 0.833. The summed E-state index contributed by atoms with van der Waals surface area (Å²) in [4.78, 5) is 25.1. The van der Waals surface area contributed by atoms with Crippen molar-refractivity contribution in [3.63, 3.8) is 0 Å². The molecule has 0 aliphatic carbocycles. The number of carbonyl (C=O) groups is 1. The van der Waals surface area contributed by atoms with Crippen molar-refractivity contribution in [2.24, 2.45) is 0 Å². The van der Waals surface area contributed by atoms with E-state index in [9.17, 15) is 18.0 Å². The molecular formula is C22H24N4O4S. The molecule has 0 saturated carbocycles. The molecule has 1 aliphatic heterocycles. The van der Waals surface area contributed by atoms with E-state index in [4.69, 9.17) is 0 Å². The third-order valence-electron chi connectivity index (χ3n) is 5.40. The molecule has 2 heterocycles. The summed E-state index contributed by atoms with van der Waals surface area (Å²) in [5.41, 5.74) is 0.112. The molecule has 1 fully saturated rings. The zero-order valence-corrected chi connectivity index (χ0v) is 17.8. The summed E-state index contributed by atoms with van der Waals surface area (Å²) in [7, 11) is -3.54. The van der Waals surface area contributed by atoms with Crippen LogP contribution in [-0.2, 0) is 21.4 Å². The van der Waals surface area contributed by atoms with Gasteiger partial charge in [-0.25, -0.2) is 13.1 Å². The Labute approximate surface area is 180 Å². The second kappa shape index (κ2) is 8.99. The summed E-state index contributed by atoms with van der Waals surface area (Å²) in [5.74, 6) is -0.423. The fraction of sp³-hybridized carbons (Fsp3) is 0.318. The molecule has 4 rings (SSSR count). The first-order chi connectivity index (χ1) is 14.9. The van der Waals surface area contributed by atoms with Gasteiger partial charge in [0.15, 0.2) is 0 Å². The lowest BCUT2D eigenvalue weighted by atomic mass is 10.2. The van der Waals surface area contributed by atoms with Crippen molar-refractivity contribution in [1.82, 2.24) is 14.1 Å². The van der Waals surface area contributed by atoms with Crippen LogP contribution in [0.3, 0.4) is 0 Å². The van der Waals surface area contributed by atoms with Gasteiger partial charge in [-0.1, -0.05) is 31.0 Å². The van der Waals surface area contributed by atoms with E-state index in [0.29, 0.717) is 29.5 Å². The first kappa shape index (κ1) is 21.2. The highest BCUT2D eigenvalue weighted by atomic mass is 32.2. The Balaban J connectivity index is 1.45. The summed E-state index contributed by atoms with van der Waals surface area (Å²) in [6.07, 6.45) is 5.38. The average Bonchev–Trinajstić information content (AvgIpc) is 3.07. The van der Waals surface area contributed by atoms with Gasteiger partial charge >= 0.3 is 0 Å². The lowest BCUT2D eigenvalue weighted by Crippen LogP contribution is -2.32. The van der Waals surface area contributed by atoms with Crippen LogP contribution in [0.25, 0.3) is 10.8 Å². The lowest BCUT2D eigenvalue weighted by molar-refractivity contribution is -0.117. The molecule has 162 valence electrons. The molecule has 0 radical (unpaired) electrons. The van der Waals surface area contributed by atoms with Gasteiger partial charge < -0.3 is 5.32 Å². The van der Waals surface area contributed by atoms with Gasteiger partial charge in [-0.05, 0) is 43.2 Å². The largest absolute Gasteiger partial charge is 0.324 e. The maximum absolute atomic E-state index is 12.9. The van der Waals surface area contributed by atoms with Gasteiger partial charge in [-0.15, -0.1) is 0 Å². The van der Waals surface area contributed by atoms with Gasteiger partial charge in [0, 0.05) is 24.2 Å². The van der Waals surface area contributed by atoms with E-state index in [1.54, 1.807) is 36.5 Å². The summed E-state index contributed by atoms with van der Waals surface area (Å²) >= 11 is 0. The van der Waals surface area contributed by atoms with Crippen LogP contribution in [0.5, 0.6) is 0 Å². The number of rotatable bonds is 5. The maximum atomic E-state index is 12.9. The Bertz CT molecular complexity index is 1240. The second-order valence-corrected chi connectivity index (χ2v) is 9.52. The molecule has 1 aliphatic rings. The first-order valence-electron chi connectivity index (χ1n) is 10.3. The number of aromatic nitrogens is 2. The van der Waals surface area contributed by atoms with Crippen LogP contribution in [0.2, 0.25) is 0 Å². The lowest BCUT2D eigenvalue weighted by Gasteiger charge is -2.20. The first-order valence-corrected chi connectivity index (χ1v) is 11.7. The number of nitrogens with one attached hydrogen (secondary N) is 1. The van der Waals surface area contributed by atoms with E-state index in [1.807, 2.05) is 6.07 Å². The highest BCUT2D eigenvalue weighted by Crippen LogP contribution is 2.21. The van der Waals surface area contributed by atoms with E-state index >= 15 is 0 Å². The molecule has 9 heteroatoms. The van der Waals surface area contributed by atoms with Crippen LogP contribution in [0, 0.1) is 0 Å². The molecule has 0 spiro atoms. The van der Waals surface area contributed by atoms with Crippen molar-refractivity contribution in [2.75, 3.05) is 18.4 Å². The number of nitrogens with zero attached hydrogens (tertiary/aromatic N) is 3. The predicted molar refractivity (Wildman–Crippen MR) is 118 cm³/mol. The third-order valence-corrected chi connectivity index (χ3v) is 7.31. The average molecular weight is 441 g/mol. The number of amides is 1. The molecule has 0 bridgehead atoms. The number of hydrogen-bond donors (Lipinski definition) is 1. The minimum Gasteiger partial charge on any atom is -0.324 e. The quantitative estimate of drug-likeness (QED) is 0.657. The number of fused-ring (bicyclic) bond motifs is 1. The molecule has 0 unspecified atom stereocenters. The Hall–Kier alpha value is -3.04. The molecule has 3 aromatic rings. The molecule has 1 amide bonds. The fourth-order valence-corrected chi connectivity index (χ4v) is 5.24. The minimum absolute atomic E-state index is 0.208. The van der Waals surface area contributed by atoms with Crippen LogP contribution in [-0.4, -0.2) is 41.5 Å². The van der Waals surface area contributed by atoms with E-state index in [0.717, 1.165) is 30.4 Å². The maximum Gasteiger partial charge on any atom is 0.275 e. The molecule has 2 aromatic carbocycles. The Morgan fingerprint density at radius 3 is 2.35 bits per heavy atom. The van der Waals surface area contributed by atoms with Crippen molar-refractivity contribution < 1.29 is 13.2 Å². The topological polar surface area (TPSA) is 101 Å². The molecule has 1 aromatic heterocycles. The Morgan fingerprint density at radius 1 is 0.968 bits per heavy atom. The number of benzene rings is 2. The molecule has 31 heavy (non-hydrogen) atoms. The molecule has 0 atom stereocenters. The minimum atomic E-state index is -3.54. The predicted octanol–water partition coefficient (Wildman–Crippen LogP) is 2.60. The van der Waals surface area contributed by atoms with Gasteiger partial charge in [0.05, 0.1) is 16.5 Å². The highest BCUT2D eigenvalue weighted by molar-refractivity contribution is 7.89. The third kappa shape index (κ3) is 4.67. The highest BCUT2D eigenvalue weighted by Gasteiger charge is 2.25. The second-order valence-electron chi connectivity index (χ2n) is 7.59. The van der Waals surface area contributed by atoms with Crippen LogP contribution in [0.15, 0.2) is 64.4 Å². The van der Waals surface area contributed by atoms with Gasteiger partial charge in [0.2, 0.25) is 15.9 Å². The van der Waals surface area contributed by atoms with Crippen molar-refractivity contribution in [3.8, 4) is 0 Å². The van der Waals surface area contributed by atoms with Crippen LogP contribution in [0.1, 0.15) is 25.7 Å². The number of anilines is 1. The van der Waals surface area contributed by atoms with Crippen molar-refractivity contribution in [1.29, 1.82) is 0 Å². The standard InChI is InChI=1S/C22H24N4O4S/c27-21(16-26-22(28)20-8-4-3-7-17(20)15-23-26)24-18-9-11-19(12-10-18)31(29,30)25-13-5-1-2-6-14-25/h3-4,7-12,15H,1-2,5-6,13-14,16H2,(H,24,27). The summed E-state index contributed by atoms with van der Waals surface area (Å²) in [6, 6.07) is 13.2. The number of sulfonamides is 1. The van der Waals surface area contributed by atoms with Crippen molar-refractivity contribution >= 4 is 32.4 Å². The van der Waals surface area contributed by atoms with Gasteiger partial charge in [0.1, 0.15) is 6.54 Å². The molecular weight excluding hydrogens is 416 g/mol. The zero-order valence-electron chi connectivity index (χ0n) is 17.0. The van der Waals surface area contributed by atoms with Crippen LogP contribution < -0.4 is 10.9 Å². The van der Waals surface area contributed by atoms with Crippen LogP contribution >= 0.6 is 0 Å². The van der Waals surface area contributed by atoms with Crippen LogP contribution in [0.4, 0.5) is 5.69 Å². The summed E-state index contributed by atoms with van der Waals surface area (Å²) in [5, 5.41) is 7.95. The molecule has 8 nitrogen and oxygen atoms in total. The van der Waals surface area contributed by atoms with Gasteiger partial charge in [0.25, 0.3) is 5.56 Å². The number of hydrogen-bond acceptors (Lipinski definition) is 5. The zero-order chi connectivity index (χ0) is 21.8. The SMILES string of the molecule is O=C(Cn1ncc2ccccc2c1=O)Nc1ccc(S(=O)(=O)N2CCCCCC2)cc1. The smallest absolute Gasteiger partial charge is 0.275 e. The number of carbonyl (C=O) groups excluding carboxylic acids is 1. The van der Waals surface area contributed by atoms with Gasteiger partial charge in [-0.2, -0.15) is 9.40 Å². The van der Waals surface area contributed by atoms with Crippen molar-refractivity contribution in [2.45, 2.75) is 37.1 Å². The monoisotopic (exact) mass is 440 g/mol. The van der Waals surface area contributed by atoms with Crippen molar-refractivity contribution in [3.05, 3.63) is 65.1 Å². The fourth-order valence-electron chi connectivity index (χ4n) is 3.72. The van der Waals surface area contributed by atoms with E-state index < -0.39 is 15.9 Å². The summed E-state index contributed by atoms with van der Waals surface area (Å²) < 4.78 is 28.3. The molecule has 1 saturated heterocycles. The normalized spacial score (nSPS) is 15.5. The Kier molecular flexibility index (Phi) is 6.15. The van der Waals surface area contributed by atoms with Gasteiger partial charge in [-0.3, -0.25) is 9.59 Å². The molecule has 1 N–H and O–H groups in total. The van der Waals surface area contributed by atoms with E-state index in [2.05, 4.69) is 10.4 Å². The van der Waals surface area contributed by atoms with E-state index in [1.165, 1.54) is 16.4 Å². The Morgan fingerprint density at radius 2 is 1.65 bits per heavy atom.